The van der Waals surface area contributed by atoms with Crippen LogP contribution < -0.4 is 5.32 Å². The quantitative estimate of drug-likeness (QED) is 0.829. The number of benzene rings is 1. The molecule has 1 atom stereocenters. The lowest BCUT2D eigenvalue weighted by molar-refractivity contribution is 0.0697. The molecule has 3 nitrogen and oxygen atoms in total. The molecule has 2 rings (SSSR count). The zero-order valence-corrected chi connectivity index (χ0v) is 12.3. The second-order valence-corrected chi connectivity index (χ2v) is 6.02. The molecule has 1 saturated carbocycles. The highest BCUT2D eigenvalue weighted by Crippen LogP contribution is 2.27. The number of aromatic carboxylic acids is 1. The van der Waals surface area contributed by atoms with E-state index >= 15 is 0 Å². The molecular formula is C17H25NO2. The third-order valence-corrected chi connectivity index (χ3v) is 4.27. The van der Waals surface area contributed by atoms with Crippen molar-refractivity contribution in [1.29, 1.82) is 0 Å². The molecule has 1 aliphatic rings. The molecule has 0 unspecified atom stereocenters. The second kappa shape index (κ2) is 7.44. The Hall–Kier alpha value is -1.35. The van der Waals surface area contributed by atoms with Crippen molar-refractivity contribution in [1.82, 2.24) is 5.32 Å². The van der Waals surface area contributed by atoms with Crippen LogP contribution in [0.2, 0.25) is 0 Å². The molecule has 0 amide bonds. The highest BCUT2D eigenvalue weighted by Gasteiger charge is 2.16. The van der Waals surface area contributed by atoms with Crippen molar-refractivity contribution in [2.45, 2.75) is 58.0 Å². The lowest BCUT2D eigenvalue weighted by Crippen LogP contribution is -2.28. The van der Waals surface area contributed by atoms with E-state index < -0.39 is 5.97 Å². The minimum absolute atomic E-state index is 0.351. The molecule has 0 heterocycles. The summed E-state index contributed by atoms with van der Waals surface area (Å²) in [5, 5.41) is 12.4. The van der Waals surface area contributed by atoms with Crippen molar-refractivity contribution in [3.8, 4) is 0 Å². The Bertz CT molecular complexity index is 421. The van der Waals surface area contributed by atoms with Crippen molar-refractivity contribution in [3.63, 3.8) is 0 Å². The van der Waals surface area contributed by atoms with E-state index in [2.05, 4.69) is 12.2 Å². The van der Waals surface area contributed by atoms with Gasteiger partial charge >= 0.3 is 5.97 Å². The third-order valence-electron chi connectivity index (χ3n) is 4.27. The summed E-state index contributed by atoms with van der Waals surface area (Å²) in [7, 11) is 0. The summed E-state index contributed by atoms with van der Waals surface area (Å²) in [6.07, 6.45) is 8.24. The van der Waals surface area contributed by atoms with Crippen molar-refractivity contribution in [2.24, 2.45) is 5.92 Å². The Kier molecular flexibility index (Phi) is 5.60. The Morgan fingerprint density at radius 3 is 2.50 bits per heavy atom. The van der Waals surface area contributed by atoms with E-state index in [0.29, 0.717) is 11.6 Å². The predicted octanol–water partition coefficient (Wildman–Crippen LogP) is 3.83. The van der Waals surface area contributed by atoms with Crippen LogP contribution in [0.1, 0.15) is 61.4 Å². The molecule has 110 valence electrons. The van der Waals surface area contributed by atoms with E-state index in [1.807, 2.05) is 12.1 Å². The van der Waals surface area contributed by atoms with Gasteiger partial charge in [0, 0.05) is 12.6 Å². The average Bonchev–Trinajstić information content (AvgIpc) is 2.46. The van der Waals surface area contributed by atoms with Gasteiger partial charge in [-0.3, -0.25) is 0 Å². The van der Waals surface area contributed by atoms with Gasteiger partial charge in [-0.05, 0) is 37.0 Å². The zero-order chi connectivity index (χ0) is 14.4. The van der Waals surface area contributed by atoms with Gasteiger partial charge < -0.3 is 10.4 Å². The monoisotopic (exact) mass is 275 g/mol. The number of hydrogen-bond donors (Lipinski definition) is 2. The van der Waals surface area contributed by atoms with Gasteiger partial charge in [0.25, 0.3) is 0 Å². The van der Waals surface area contributed by atoms with Gasteiger partial charge in [-0.15, -0.1) is 0 Å². The summed E-state index contributed by atoms with van der Waals surface area (Å²) >= 11 is 0. The fraction of sp³-hybridized carbons (Fsp3) is 0.588. The van der Waals surface area contributed by atoms with Gasteiger partial charge in [-0.1, -0.05) is 44.2 Å². The molecule has 0 aliphatic heterocycles. The molecule has 1 aromatic carbocycles. The Balaban J connectivity index is 1.74. The minimum Gasteiger partial charge on any atom is -0.478 e. The van der Waals surface area contributed by atoms with Crippen LogP contribution in [0.4, 0.5) is 0 Å². The van der Waals surface area contributed by atoms with Crippen molar-refractivity contribution in [2.75, 3.05) is 0 Å². The standard InChI is InChI=1S/C17H25NO2/c1-13(11-14-5-3-2-4-6-14)18-12-15-7-9-16(10-8-15)17(19)20/h7-10,13-14,18H,2-6,11-12H2,1H3,(H,19,20)/t13-/m1/s1. The number of nitrogens with one attached hydrogen (secondary N) is 1. The summed E-state index contributed by atoms with van der Waals surface area (Å²) in [5.41, 5.74) is 1.49. The molecule has 0 aromatic heterocycles. The van der Waals surface area contributed by atoms with E-state index in [1.165, 1.54) is 38.5 Å². The van der Waals surface area contributed by atoms with Gasteiger partial charge in [-0.25, -0.2) is 4.79 Å². The van der Waals surface area contributed by atoms with E-state index in [9.17, 15) is 4.79 Å². The molecule has 2 N–H and O–H groups in total. The van der Waals surface area contributed by atoms with Crippen molar-refractivity contribution in [3.05, 3.63) is 35.4 Å². The lowest BCUT2D eigenvalue weighted by Gasteiger charge is -2.25. The second-order valence-electron chi connectivity index (χ2n) is 6.02. The smallest absolute Gasteiger partial charge is 0.335 e. The van der Waals surface area contributed by atoms with E-state index in [4.69, 9.17) is 5.11 Å². The van der Waals surface area contributed by atoms with Crippen LogP contribution in [-0.2, 0) is 6.54 Å². The van der Waals surface area contributed by atoms with Crippen LogP contribution in [0, 0.1) is 5.92 Å². The van der Waals surface area contributed by atoms with Crippen LogP contribution >= 0.6 is 0 Å². The maximum absolute atomic E-state index is 10.8. The summed E-state index contributed by atoms with van der Waals surface area (Å²) in [6, 6.07) is 7.65. The number of hydrogen-bond acceptors (Lipinski definition) is 2. The summed E-state index contributed by atoms with van der Waals surface area (Å²) < 4.78 is 0. The Morgan fingerprint density at radius 2 is 1.90 bits per heavy atom. The predicted molar refractivity (Wildman–Crippen MR) is 80.9 cm³/mol. The van der Waals surface area contributed by atoms with Crippen LogP contribution in [0.3, 0.4) is 0 Å². The fourth-order valence-electron chi connectivity index (χ4n) is 3.06. The molecule has 0 spiro atoms. The highest BCUT2D eigenvalue weighted by atomic mass is 16.4. The van der Waals surface area contributed by atoms with Gasteiger partial charge in [0.05, 0.1) is 5.56 Å². The minimum atomic E-state index is -0.866. The van der Waals surface area contributed by atoms with Gasteiger partial charge in [0.15, 0.2) is 0 Å². The zero-order valence-electron chi connectivity index (χ0n) is 12.3. The topological polar surface area (TPSA) is 49.3 Å². The first-order valence-corrected chi connectivity index (χ1v) is 7.71. The molecule has 1 fully saturated rings. The first-order valence-electron chi connectivity index (χ1n) is 7.71. The molecule has 1 aliphatic carbocycles. The lowest BCUT2D eigenvalue weighted by atomic mass is 9.85. The summed E-state index contributed by atoms with van der Waals surface area (Å²) in [4.78, 5) is 10.8. The van der Waals surface area contributed by atoms with Gasteiger partial charge in [0.2, 0.25) is 0 Å². The van der Waals surface area contributed by atoms with Gasteiger partial charge in [-0.2, -0.15) is 0 Å². The molecule has 0 saturated heterocycles. The van der Waals surface area contributed by atoms with Gasteiger partial charge in [0.1, 0.15) is 0 Å². The van der Waals surface area contributed by atoms with Crippen LogP contribution in [-0.4, -0.2) is 17.1 Å². The highest BCUT2D eigenvalue weighted by molar-refractivity contribution is 5.87. The van der Waals surface area contributed by atoms with Crippen molar-refractivity contribution < 1.29 is 9.90 Å². The number of carboxylic acid groups (broad SMARTS) is 1. The number of rotatable bonds is 6. The van der Waals surface area contributed by atoms with Crippen LogP contribution in [0.15, 0.2) is 24.3 Å². The first kappa shape index (κ1) is 15.0. The first-order chi connectivity index (χ1) is 9.65. The summed E-state index contributed by atoms with van der Waals surface area (Å²) in [6.45, 7) is 3.06. The average molecular weight is 275 g/mol. The maximum Gasteiger partial charge on any atom is 0.335 e. The maximum atomic E-state index is 10.8. The Labute approximate surface area is 121 Å². The molecule has 20 heavy (non-hydrogen) atoms. The SMILES string of the molecule is C[C@H](CC1CCCCC1)NCc1ccc(C(=O)O)cc1. The van der Waals surface area contributed by atoms with Crippen LogP contribution in [0.25, 0.3) is 0 Å². The summed E-state index contributed by atoms with van der Waals surface area (Å²) in [5.74, 6) is 0.0239. The van der Waals surface area contributed by atoms with E-state index in [-0.39, 0.29) is 0 Å². The Morgan fingerprint density at radius 1 is 1.25 bits per heavy atom. The largest absolute Gasteiger partial charge is 0.478 e. The molecule has 1 aromatic rings. The van der Waals surface area contributed by atoms with Crippen molar-refractivity contribution >= 4 is 5.97 Å². The molecule has 3 heteroatoms. The van der Waals surface area contributed by atoms with Crippen LogP contribution in [0.5, 0.6) is 0 Å². The van der Waals surface area contributed by atoms with E-state index in [0.717, 1.165) is 18.0 Å². The fourth-order valence-corrected chi connectivity index (χ4v) is 3.06. The third kappa shape index (κ3) is 4.64. The number of carbonyl (C=O) groups is 1. The normalized spacial score (nSPS) is 17.9. The molecular weight excluding hydrogens is 250 g/mol. The molecule has 0 radical (unpaired) electrons. The van der Waals surface area contributed by atoms with E-state index in [1.54, 1.807) is 12.1 Å². The number of carboxylic acids is 1. The molecule has 0 bridgehead atoms.